The Labute approximate surface area is 128 Å². The molecule has 0 aromatic carbocycles. The molecule has 4 nitrogen and oxygen atoms in total. The molecule has 0 aliphatic carbocycles. The average molecular weight is 337 g/mol. The van der Waals surface area contributed by atoms with Gasteiger partial charge < -0.3 is 5.32 Å². The largest absolute Gasteiger partial charge is 0.309 e. The summed E-state index contributed by atoms with van der Waals surface area (Å²) in [6.45, 7) is 3.18. The van der Waals surface area contributed by atoms with Crippen molar-refractivity contribution in [3.8, 4) is 0 Å². The molecule has 0 radical (unpaired) electrons. The molecule has 1 unspecified atom stereocenters. The summed E-state index contributed by atoms with van der Waals surface area (Å²) in [5.41, 5.74) is 2.34. The fourth-order valence-electron chi connectivity index (χ4n) is 2.25. The van der Waals surface area contributed by atoms with Crippen molar-refractivity contribution in [1.29, 1.82) is 0 Å². The summed E-state index contributed by atoms with van der Waals surface area (Å²) >= 11 is 3.60. The highest BCUT2D eigenvalue weighted by molar-refractivity contribution is 9.10. The van der Waals surface area contributed by atoms with Crippen LogP contribution in [0.4, 0.5) is 0 Å². The van der Waals surface area contributed by atoms with Crippen LogP contribution in [0.3, 0.4) is 0 Å². The second kappa shape index (κ2) is 7.55. The van der Waals surface area contributed by atoms with Crippen LogP contribution in [-0.4, -0.2) is 21.3 Å². The normalized spacial score (nSPS) is 12.6. The SMILES string of the molecule is CCCNC(CCc1ccnn1C)c1ncccc1Br. The van der Waals surface area contributed by atoms with Gasteiger partial charge in [-0.1, -0.05) is 6.92 Å². The third kappa shape index (κ3) is 3.90. The molecule has 2 aromatic rings. The molecule has 0 saturated heterocycles. The molecule has 1 N–H and O–H groups in total. The number of nitrogens with one attached hydrogen (secondary N) is 1. The van der Waals surface area contributed by atoms with Gasteiger partial charge in [0, 0.05) is 29.6 Å². The van der Waals surface area contributed by atoms with E-state index in [0.29, 0.717) is 0 Å². The lowest BCUT2D eigenvalue weighted by atomic mass is 10.1. The number of hydrogen-bond acceptors (Lipinski definition) is 3. The van der Waals surface area contributed by atoms with E-state index < -0.39 is 0 Å². The van der Waals surface area contributed by atoms with Crippen molar-refractivity contribution in [3.05, 3.63) is 46.5 Å². The third-order valence-corrected chi connectivity index (χ3v) is 4.04. The van der Waals surface area contributed by atoms with Crippen molar-refractivity contribution in [3.63, 3.8) is 0 Å². The topological polar surface area (TPSA) is 42.7 Å². The zero-order valence-electron chi connectivity index (χ0n) is 12.0. The highest BCUT2D eigenvalue weighted by Gasteiger charge is 2.15. The van der Waals surface area contributed by atoms with Crippen LogP contribution in [0.5, 0.6) is 0 Å². The first-order chi connectivity index (χ1) is 9.72. The van der Waals surface area contributed by atoms with Gasteiger partial charge in [0.05, 0.1) is 11.7 Å². The Kier molecular flexibility index (Phi) is 5.73. The Morgan fingerprint density at radius 3 is 2.85 bits per heavy atom. The molecule has 0 aliphatic heterocycles. The molecule has 0 spiro atoms. The van der Waals surface area contributed by atoms with Crippen LogP contribution in [0.1, 0.15) is 37.2 Å². The lowest BCUT2D eigenvalue weighted by Gasteiger charge is -2.19. The van der Waals surface area contributed by atoms with Gasteiger partial charge in [-0.05, 0) is 59.9 Å². The number of aromatic nitrogens is 3. The molecule has 0 bridgehead atoms. The van der Waals surface area contributed by atoms with E-state index >= 15 is 0 Å². The summed E-state index contributed by atoms with van der Waals surface area (Å²) in [5.74, 6) is 0. The number of pyridine rings is 1. The lowest BCUT2D eigenvalue weighted by Crippen LogP contribution is -2.24. The molecule has 0 aliphatic rings. The number of aryl methyl sites for hydroxylation is 2. The number of halogens is 1. The summed E-state index contributed by atoms with van der Waals surface area (Å²) in [5, 5.41) is 7.80. The quantitative estimate of drug-likeness (QED) is 0.843. The maximum Gasteiger partial charge on any atom is 0.0714 e. The van der Waals surface area contributed by atoms with Gasteiger partial charge >= 0.3 is 0 Å². The van der Waals surface area contributed by atoms with E-state index in [-0.39, 0.29) is 6.04 Å². The fraction of sp³-hybridized carbons (Fsp3) is 0.467. The monoisotopic (exact) mass is 336 g/mol. The van der Waals surface area contributed by atoms with E-state index in [4.69, 9.17) is 0 Å². The Hall–Kier alpha value is -1.20. The van der Waals surface area contributed by atoms with Crippen LogP contribution in [0.2, 0.25) is 0 Å². The Morgan fingerprint density at radius 2 is 2.20 bits per heavy atom. The Balaban J connectivity index is 2.08. The van der Waals surface area contributed by atoms with Gasteiger partial charge in [0.15, 0.2) is 0 Å². The first-order valence-corrected chi connectivity index (χ1v) is 7.82. The van der Waals surface area contributed by atoms with Crippen molar-refractivity contribution in [2.75, 3.05) is 6.54 Å². The van der Waals surface area contributed by atoms with E-state index in [2.05, 4.69) is 44.3 Å². The molecule has 20 heavy (non-hydrogen) atoms. The maximum atomic E-state index is 4.52. The Bertz CT molecular complexity index is 538. The van der Waals surface area contributed by atoms with E-state index in [0.717, 1.165) is 36.0 Å². The van der Waals surface area contributed by atoms with Crippen molar-refractivity contribution in [2.45, 2.75) is 32.2 Å². The van der Waals surface area contributed by atoms with Gasteiger partial charge in [-0.3, -0.25) is 9.67 Å². The highest BCUT2D eigenvalue weighted by Crippen LogP contribution is 2.24. The second-order valence-corrected chi connectivity index (χ2v) is 5.72. The number of rotatable bonds is 7. The summed E-state index contributed by atoms with van der Waals surface area (Å²) in [6, 6.07) is 6.34. The lowest BCUT2D eigenvalue weighted by molar-refractivity contribution is 0.480. The van der Waals surface area contributed by atoms with Gasteiger partial charge in [0.2, 0.25) is 0 Å². The first kappa shape index (κ1) is 15.2. The molecule has 2 rings (SSSR count). The van der Waals surface area contributed by atoms with E-state index in [1.54, 1.807) is 0 Å². The highest BCUT2D eigenvalue weighted by atomic mass is 79.9. The summed E-state index contributed by atoms with van der Waals surface area (Å²) in [6.07, 6.45) is 6.81. The molecule has 5 heteroatoms. The van der Waals surface area contributed by atoms with Gasteiger partial charge in [0.1, 0.15) is 0 Å². The predicted octanol–water partition coefficient (Wildman–Crippen LogP) is 3.25. The fourth-order valence-corrected chi connectivity index (χ4v) is 2.78. The van der Waals surface area contributed by atoms with Gasteiger partial charge in [-0.2, -0.15) is 5.10 Å². The Morgan fingerprint density at radius 1 is 1.35 bits per heavy atom. The summed E-state index contributed by atoms with van der Waals surface area (Å²) in [4.78, 5) is 4.52. The molecule has 0 saturated carbocycles. The number of hydrogen-bond donors (Lipinski definition) is 1. The zero-order chi connectivity index (χ0) is 14.4. The molecular weight excluding hydrogens is 316 g/mol. The van der Waals surface area contributed by atoms with Crippen molar-refractivity contribution >= 4 is 15.9 Å². The zero-order valence-corrected chi connectivity index (χ0v) is 13.6. The minimum Gasteiger partial charge on any atom is -0.309 e. The molecule has 1 atom stereocenters. The molecule has 2 aromatic heterocycles. The van der Waals surface area contributed by atoms with Gasteiger partial charge in [-0.15, -0.1) is 0 Å². The van der Waals surface area contributed by atoms with Crippen LogP contribution in [-0.2, 0) is 13.5 Å². The van der Waals surface area contributed by atoms with E-state index in [1.807, 2.05) is 36.3 Å². The van der Waals surface area contributed by atoms with E-state index in [9.17, 15) is 0 Å². The summed E-state index contributed by atoms with van der Waals surface area (Å²) < 4.78 is 3.00. The summed E-state index contributed by atoms with van der Waals surface area (Å²) in [7, 11) is 1.99. The number of nitrogens with zero attached hydrogens (tertiary/aromatic N) is 3. The standard InChI is InChI=1S/C15H21BrN4/c1-3-9-17-14(15-13(16)5-4-10-18-15)7-6-12-8-11-19-20(12)2/h4-5,8,10-11,14,17H,3,6-7,9H2,1-2H3. The van der Waals surface area contributed by atoms with Crippen molar-refractivity contribution < 1.29 is 0 Å². The molecule has 2 heterocycles. The van der Waals surface area contributed by atoms with Gasteiger partial charge in [0.25, 0.3) is 0 Å². The maximum absolute atomic E-state index is 4.52. The smallest absolute Gasteiger partial charge is 0.0714 e. The van der Waals surface area contributed by atoms with Crippen LogP contribution in [0, 0.1) is 0 Å². The molecule has 0 amide bonds. The first-order valence-electron chi connectivity index (χ1n) is 7.03. The van der Waals surface area contributed by atoms with Crippen LogP contribution >= 0.6 is 15.9 Å². The van der Waals surface area contributed by atoms with Gasteiger partial charge in [-0.25, -0.2) is 0 Å². The molecular formula is C15H21BrN4. The third-order valence-electron chi connectivity index (χ3n) is 3.37. The van der Waals surface area contributed by atoms with E-state index in [1.165, 1.54) is 5.69 Å². The van der Waals surface area contributed by atoms with Crippen molar-refractivity contribution in [2.24, 2.45) is 7.05 Å². The minimum atomic E-state index is 0.264. The second-order valence-electron chi connectivity index (χ2n) is 4.86. The van der Waals surface area contributed by atoms with Crippen LogP contribution < -0.4 is 5.32 Å². The minimum absolute atomic E-state index is 0.264. The average Bonchev–Trinajstić information content (AvgIpc) is 2.86. The van der Waals surface area contributed by atoms with Crippen LogP contribution in [0.15, 0.2) is 35.1 Å². The molecule has 108 valence electrons. The van der Waals surface area contributed by atoms with Crippen molar-refractivity contribution in [1.82, 2.24) is 20.1 Å². The van der Waals surface area contributed by atoms with Crippen LogP contribution in [0.25, 0.3) is 0 Å². The predicted molar refractivity (Wildman–Crippen MR) is 84.5 cm³/mol. The molecule has 0 fully saturated rings.